The second-order valence-corrected chi connectivity index (χ2v) is 11.3. The third-order valence-electron chi connectivity index (χ3n) is 8.06. The van der Waals surface area contributed by atoms with E-state index in [2.05, 4.69) is 72.8 Å². The Labute approximate surface area is 253 Å². The van der Waals surface area contributed by atoms with Crippen LogP contribution in [0.4, 0.5) is 0 Å². The maximum Gasteiger partial charge on any atom is 0.175 e. The Morgan fingerprint density at radius 1 is 0.721 bits per heavy atom. The summed E-state index contributed by atoms with van der Waals surface area (Å²) >= 11 is 0. The van der Waals surface area contributed by atoms with E-state index in [1.807, 2.05) is 12.1 Å². The zero-order valence-corrected chi connectivity index (χ0v) is 24.6. The molecule has 0 aromatic heterocycles. The first-order chi connectivity index (χ1) is 21.1. The Kier molecular flexibility index (Phi) is 11.5. The SMILES string of the molecule is NCC1OC(OCC(O)CO)C(N)C(OCCCc2ccc3ccccc3c2)C1OCCCc1ccc2ccccc2c1. The molecule has 4 aromatic rings. The molecule has 8 nitrogen and oxygen atoms in total. The fraction of sp³-hybridized carbons (Fsp3) is 0.429. The molecule has 5 rings (SSSR count). The first kappa shape index (κ1) is 31.5. The fourth-order valence-electron chi connectivity index (χ4n) is 5.71. The van der Waals surface area contributed by atoms with Crippen molar-refractivity contribution in [3.8, 4) is 0 Å². The highest BCUT2D eigenvalue weighted by molar-refractivity contribution is 5.83. The zero-order valence-electron chi connectivity index (χ0n) is 24.6. The molecule has 0 bridgehead atoms. The van der Waals surface area contributed by atoms with Crippen molar-refractivity contribution in [2.75, 3.05) is 33.0 Å². The summed E-state index contributed by atoms with van der Waals surface area (Å²) in [6.07, 6.45) is -0.00518. The number of nitrogens with two attached hydrogens (primary N) is 2. The Bertz CT molecular complexity index is 1430. The van der Waals surface area contributed by atoms with Crippen LogP contribution in [0, 0.1) is 0 Å². The van der Waals surface area contributed by atoms with Gasteiger partial charge in [0.25, 0.3) is 0 Å². The van der Waals surface area contributed by atoms with Crippen molar-refractivity contribution in [1.29, 1.82) is 0 Å². The van der Waals surface area contributed by atoms with E-state index in [1.165, 1.54) is 32.7 Å². The Balaban J connectivity index is 1.19. The number of aryl methyl sites for hydroxylation is 2. The lowest BCUT2D eigenvalue weighted by Gasteiger charge is -2.44. The van der Waals surface area contributed by atoms with E-state index in [0.29, 0.717) is 13.2 Å². The summed E-state index contributed by atoms with van der Waals surface area (Å²) in [5.74, 6) is 0. The van der Waals surface area contributed by atoms with Crippen molar-refractivity contribution in [2.45, 2.75) is 62.4 Å². The number of hydrogen-bond acceptors (Lipinski definition) is 8. The number of ether oxygens (including phenoxy) is 4. The Hall–Kier alpha value is -2.92. The lowest BCUT2D eigenvalue weighted by atomic mass is 9.96. The van der Waals surface area contributed by atoms with Crippen molar-refractivity contribution in [1.82, 2.24) is 0 Å². The summed E-state index contributed by atoms with van der Waals surface area (Å²) in [5.41, 5.74) is 15.3. The van der Waals surface area contributed by atoms with Crippen LogP contribution in [0.3, 0.4) is 0 Å². The van der Waals surface area contributed by atoms with Crippen molar-refractivity contribution < 1.29 is 29.2 Å². The lowest BCUT2D eigenvalue weighted by Crippen LogP contribution is -2.65. The van der Waals surface area contributed by atoms with Crippen LogP contribution in [0.5, 0.6) is 0 Å². The van der Waals surface area contributed by atoms with Crippen LogP contribution in [-0.4, -0.2) is 79.9 Å². The molecule has 1 fully saturated rings. The zero-order chi connectivity index (χ0) is 30.0. The predicted octanol–water partition coefficient (Wildman–Crippen LogP) is 3.71. The molecule has 6 N–H and O–H groups in total. The van der Waals surface area contributed by atoms with E-state index in [4.69, 9.17) is 30.4 Å². The quantitative estimate of drug-likeness (QED) is 0.155. The summed E-state index contributed by atoms with van der Waals surface area (Å²) in [6, 6.07) is 29.1. The number of fused-ring (bicyclic) bond motifs is 2. The average molecular weight is 589 g/mol. The molecule has 0 radical (unpaired) electrons. The van der Waals surface area contributed by atoms with Crippen LogP contribution in [0.15, 0.2) is 84.9 Å². The molecule has 1 heterocycles. The molecule has 43 heavy (non-hydrogen) atoms. The molecular formula is C35H44N2O6. The van der Waals surface area contributed by atoms with Crippen LogP contribution < -0.4 is 11.5 Å². The summed E-state index contributed by atoms with van der Waals surface area (Å²) < 4.78 is 24.6. The number of aliphatic hydroxyl groups excluding tert-OH is 2. The van der Waals surface area contributed by atoms with Crippen LogP contribution in [-0.2, 0) is 31.8 Å². The predicted molar refractivity (Wildman–Crippen MR) is 169 cm³/mol. The molecule has 1 aliphatic heterocycles. The molecule has 1 aliphatic rings. The van der Waals surface area contributed by atoms with Gasteiger partial charge in [-0.1, -0.05) is 84.9 Å². The van der Waals surface area contributed by atoms with Gasteiger partial charge in [0.2, 0.25) is 0 Å². The van der Waals surface area contributed by atoms with Gasteiger partial charge >= 0.3 is 0 Å². The number of benzene rings is 4. The highest BCUT2D eigenvalue weighted by Crippen LogP contribution is 2.27. The van der Waals surface area contributed by atoms with Gasteiger partial charge in [-0.05, 0) is 58.4 Å². The molecule has 0 spiro atoms. The molecule has 6 unspecified atom stereocenters. The second kappa shape index (κ2) is 15.7. The topological polar surface area (TPSA) is 129 Å². The van der Waals surface area contributed by atoms with E-state index in [9.17, 15) is 10.2 Å². The van der Waals surface area contributed by atoms with Crippen LogP contribution in [0.25, 0.3) is 21.5 Å². The monoisotopic (exact) mass is 588 g/mol. The first-order valence-corrected chi connectivity index (χ1v) is 15.3. The molecule has 1 saturated heterocycles. The van der Waals surface area contributed by atoms with Crippen LogP contribution >= 0.6 is 0 Å². The number of rotatable bonds is 15. The van der Waals surface area contributed by atoms with Gasteiger partial charge in [0.15, 0.2) is 6.29 Å². The van der Waals surface area contributed by atoms with Gasteiger partial charge < -0.3 is 40.6 Å². The van der Waals surface area contributed by atoms with Gasteiger partial charge in [-0.2, -0.15) is 0 Å². The lowest BCUT2D eigenvalue weighted by molar-refractivity contribution is -0.277. The smallest absolute Gasteiger partial charge is 0.175 e. The van der Waals surface area contributed by atoms with Gasteiger partial charge in [-0.3, -0.25) is 0 Å². The van der Waals surface area contributed by atoms with E-state index >= 15 is 0 Å². The van der Waals surface area contributed by atoms with Gasteiger partial charge in [-0.25, -0.2) is 0 Å². The normalized spacial score (nSPS) is 23.1. The van der Waals surface area contributed by atoms with E-state index in [1.54, 1.807) is 0 Å². The van der Waals surface area contributed by atoms with Crippen molar-refractivity contribution in [2.24, 2.45) is 11.5 Å². The first-order valence-electron chi connectivity index (χ1n) is 15.3. The molecule has 8 heteroatoms. The molecule has 0 aliphatic carbocycles. The summed E-state index contributed by atoms with van der Waals surface area (Å²) in [7, 11) is 0. The van der Waals surface area contributed by atoms with E-state index < -0.39 is 43.4 Å². The van der Waals surface area contributed by atoms with Crippen molar-refractivity contribution in [3.63, 3.8) is 0 Å². The minimum atomic E-state index is -1.03. The van der Waals surface area contributed by atoms with Gasteiger partial charge in [0.05, 0.1) is 19.3 Å². The molecule has 6 atom stereocenters. The maximum atomic E-state index is 9.81. The number of aliphatic hydroxyl groups is 2. The van der Waals surface area contributed by atoms with Crippen LogP contribution in [0.2, 0.25) is 0 Å². The van der Waals surface area contributed by atoms with Gasteiger partial charge in [-0.15, -0.1) is 0 Å². The Morgan fingerprint density at radius 3 is 1.79 bits per heavy atom. The average Bonchev–Trinajstić information content (AvgIpc) is 3.05. The largest absolute Gasteiger partial charge is 0.394 e. The van der Waals surface area contributed by atoms with Gasteiger partial charge in [0.1, 0.15) is 24.4 Å². The highest BCUT2D eigenvalue weighted by atomic mass is 16.7. The third-order valence-corrected chi connectivity index (χ3v) is 8.06. The molecule has 0 saturated carbocycles. The highest BCUT2D eigenvalue weighted by Gasteiger charge is 2.46. The molecule has 4 aromatic carbocycles. The Morgan fingerprint density at radius 2 is 1.26 bits per heavy atom. The van der Waals surface area contributed by atoms with Crippen LogP contribution in [0.1, 0.15) is 24.0 Å². The van der Waals surface area contributed by atoms with Crippen molar-refractivity contribution >= 4 is 21.5 Å². The van der Waals surface area contributed by atoms with E-state index in [0.717, 1.165) is 25.7 Å². The number of hydrogen-bond donors (Lipinski definition) is 4. The fourth-order valence-corrected chi connectivity index (χ4v) is 5.71. The summed E-state index contributed by atoms with van der Waals surface area (Å²) in [5, 5.41) is 23.9. The summed E-state index contributed by atoms with van der Waals surface area (Å²) in [4.78, 5) is 0. The second-order valence-electron chi connectivity index (χ2n) is 11.3. The molecule has 230 valence electrons. The summed E-state index contributed by atoms with van der Waals surface area (Å²) in [6.45, 7) is 0.640. The maximum absolute atomic E-state index is 9.81. The minimum absolute atomic E-state index is 0.113. The molecule has 0 amide bonds. The van der Waals surface area contributed by atoms with Crippen molar-refractivity contribution in [3.05, 3.63) is 96.1 Å². The minimum Gasteiger partial charge on any atom is -0.394 e. The standard InChI is InChI=1S/C35H44N2O6/c36-21-31-33(40-17-5-7-24-13-15-26-9-1-3-11-28(26)19-24)34(32(37)35(43-31)42-23-30(39)22-38)41-18-6-8-25-14-16-27-10-2-4-12-29(27)20-25/h1-4,9-16,19-20,30-35,38-39H,5-8,17-18,21-23,36-37H2. The third kappa shape index (κ3) is 8.38. The van der Waals surface area contributed by atoms with Gasteiger partial charge in [0, 0.05) is 19.8 Å². The van der Waals surface area contributed by atoms with E-state index in [-0.39, 0.29) is 13.2 Å². The molecular weight excluding hydrogens is 544 g/mol.